The highest BCUT2D eigenvalue weighted by molar-refractivity contribution is 7.89. The number of rotatable bonds is 10. The molecule has 0 bridgehead atoms. The first-order valence-electron chi connectivity index (χ1n) is 7.76. The van der Waals surface area contributed by atoms with Crippen LogP contribution in [0.5, 0.6) is 5.75 Å². The molecule has 0 aliphatic carbocycles. The molecule has 12 nitrogen and oxygen atoms in total. The Morgan fingerprint density at radius 1 is 1.43 bits per heavy atom. The van der Waals surface area contributed by atoms with Crippen LogP contribution in [-0.4, -0.2) is 52.2 Å². The number of guanidine groups is 1. The van der Waals surface area contributed by atoms with Crippen molar-refractivity contribution in [1.29, 1.82) is 0 Å². The van der Waals surface area contributed by atoms with Crippen LogP contribution in [0.2, 0.25) is 0 Å². The second kappa shape index (κ2) is 10.4. The van der Waals surface area contributed by atoms with Crippen LogP contribution >= 0.6 is 0 Å². The van der Waals surface area contributed by atoms with Crippen LogP contribution in [0.25, 0.3) is 0 Å². The van der Waals surface area contributed by atoms with Crippen LogP contribution in [0.4, 0.5) is 4.39 Å². The van der Waals surface area contributed by atoms with E-state index in [1.165, 1.54) is 7.11 Å². The molecule has 28 heavy (non-hydrogen) atoms. The maximum atomic E-state index is 13.5. The summed E-state index contributed by atoms with van der Waals surface area (Å²) in [5.41, 5.74) is 5.25. The van der Waals surface area contributed by atoms with Gasteiger partial charge in [0.2, 0.25) is 10.0 Å². The molecule has 0 aliphatic rings. The van der Waals surface area contributed by atoms with Gasteiger partial charge in [0.05, 0.1) is 14.2 Å². The number of sulfonamides is 1. The number of nitrogens with two attached hydrogens (primary N) is 1. The molecule has 0 amide bonds. The van der Waals surface area contributed by atoms with Crippen molar-refractivity contribution in [1.82, 2.24) is 10.0 Å². The van der Waals surface area contributed by atoms with E-state index in [0.717, 1.165) is 25.3 Å². The van der Waals surface area contributed by atoms with E-state index in [4.69, 9.17) is 10.5 Å². The molecular weight excluding hydrogens is 401 g/mol. The Bertz CT molecular complexity index is 846. The minimum absolute atomic E-state index is 0.0394. The number of carbonyl (C=O) groups excluding carboxylic acids is 1. The maximum absolute atomic E-state index is 13.5. The average molecular weight is 421 g/mol. The van der Waals surface area contributed by atoms with Gasteiger partial charge >= 0.3 is 5.97 Å². The SMILES string of the molecule is COC(=O)[C@@H](CCCN/C(N)=N\[N+](=O)[O-])NS(=O)(=O)c1cc(F)ccc1OC. The number of nitro groups is 1. The van der Waals surface area contributed by atoms with Gasteiger partial charge in [-0.2, -0.15) is 4.72 Å². The van der Waals surface area contributed by atoms with Gasteiger partial charge in [0.25, 0.3) is 5.96 Å². The van der Waals surface area contributed by atoms with Crippen molar-refractivity contribution in [2.24, 2.45) is 10.8 Å². The number of benzene rings is 1. The summed E-state index contributed by atoms with van der Waals surface area (Å²) in [5, 5.41) is 14.4. The topological polar surface area (TPSA) is 175 Å². The van der Waals surface area contributed by atoms with Gasteiger partial charge in [-0.15, -0.1) is 0 Å². The smallest absolute Gasteiger partial charge is 0.323 e. The lowest BCUT2D eigenvalue weighted by Crippen LogP contribution is -2.42. The normalized spacial score (nSPS) is 12.9. The van der Waals surface area contributed by atoms with E-state index in [9.17, 15) is 27.7 Å². The maximum Gasteiger partial charge on any atom is 0.323 e. The summed E-state index contributed by atoms with van der Waals surface area (Å²) in [6.45, 7) is 0.0711. The van der Waals surface area contributed by atoms with Crippen molar-refractivity contribution in [3.8, 4) is 5.75 Å². The van der Waals surface area contributed by atoms with Crippen molar-refractivity contribution in [2.45, 2.75) is 23.8 Å². The second-order valence-corrected chi connectivity index (χ2v) is 6.97. The van der Waals surface area contributed by atoms with Crippen molar-refractivity contribution >= 4 is 22.0 Å². The van der Waals surface area contributed by atoms with Crippen LogP contribution in [0, 0.1) is 15.9 Å². The fourth-order valence-corrected chi connectivity index (χ4v) is 3.52. The number of carbonyl (C=O) groups is 1. The van der Waals surface area contributed by atoms with Gasteiger partial charge in [0, 0.05) is 6.54 Å². The van der Waals surface area contributed by atoms with E-state index in [1.807, 2.05) is 0 Å². The predicted molar refractivity (Wildman–Crippen MR) is 94.9 cm³/mol. The molecule has 0 unspecified atom stereocenters. The molecule has 0 saturated heterocycles. The number of halogens is 1. The van der Waals surface area contributed by atoms with Crippen LogP contribution in [0.3, 0.4) is 0 Å². The van der Waals surface area contributed by atoms with Gasteiger partial charge in [-0.3, -0.25) is 4.79 Å². The number of esters is 1. The van der Waals surface area contributed by atoms with E-state index in [-0.39, 0.29) is 25.1 Å². The van der Waals surface area contributed by atoms with E-state index in [1.54, 1.807) is 0 Å². The first kappa shape index (κ1) is 23.0. The monoisotopic (exact) mass is 421 g/mol. The fraction of sp³-hybridized carbons (Fsp3) is 0.429. The molecular formula is C14H20FN5O7S. The molecule has 0 aliphatic heterocycles. The molecule has 1 atom stereocenters. The Balaban J connectivity index is 2.87. The summed E-state index contributed by atoms with van der Waals surface area (Å²) < 4.78 is 50.2. The van der Waals surface area contributed by atoms with Gasteiger partial charge < -0.3 is 20.5 Å². The zero-order valence-corrected chi connectivity index (χ0v) is 15.9. The number of nitrogens with one attached hydrogen (secondary N) is 2. The first-order chi connectivity index (χ1) is 13.1. The molecule has 0 spiro atoms. The highest BCUT2D eigenvalue weighted by atomic mass is 32.2. The molecule has 14 heteroatoms. The Morgan fingerprint density at radius 3 is 2.68 bits per heavy atom. The van der Waals surface area contributed by atoms with Crippen molar-refractivity contribution in [2.75, 3.05) is 20.8 Å². The Hall–Kier alpha value is -3.00. The van der Waals surface area contributed by atoms with Crippen LogP contribution in [-0.2, 0) is 19.6 Å². The molecule has 0 heterocycles. The number of hydrazone groups is 1. The van der Waals surface area contributed by atoms with Crippen LogP contribution in [0.1, 0.15) is 12.8 Å². The van der Waals surface area contributed by atoms with Crippen LogP contribution in [0.15, 0.2) is 28.2 Å². The summed E-state index contributed by atoms with van der Waals surface area (Å²) in [5.74, 6) is -2.22. The van der Waals surface area contributed by atoms with E-state index >= 15 is 0 Å². The first-order valence-corrected chi connectivity index (χ1v) is 9.25. The molecule has 0 saturated carbocycles. The van der Waals surface area contributed by atoms with Gasteiger partial charge in [-0.05, 0) is 31.0 Å². The van der Waals surface area contributed by atoms with E-state index in [0.29, 0.717) is 0 Å². The second-order valence-electron chi connectivity index (χ2n) is 5.28. The van der Waals surface area contributed by atoms with Gasteiger partial charge in [-0.1, -0.05) is 0 Å². The number of nitrogens with zero attached hydrogens (tertiary/aromatic N) is 2. The Morgan fingerprint density at radius 2 is 2.11 bits per heavy atom. The summed E-state index contributed by atoms with van der Waals surface area (Å²) in [4.78, 5) is 21.6. The van der Waals surface area contributed by atoms with Gasteiger partial charge in [0.15, 0.2) is 5.03 Å². The molecule has 1 rings (SSSR count). The molecule has 0 radical (unpaired) electrons. The zero-order chi connectivity index (χ0) is 21.3. The highest BCUT2D eigenvalue weighted by Gasteiger charge is 2.28. The largest absolute Gasteiger partial charge is 0.495 e. The summed E-state index contributed by atoms with van der Waals surface area (Å²) >= 11 is 0. The Kier molecular flexibility index (Phi) is 8.53. The molecule has 4 N–H and O–H groups in total. The fourth-order valence-electron chi connectivity index (χ4n) is 2.12. The molecule has 156 valence electrons. The standard InChI is InChI=1S/C14H20FN5O7S/c1-26-11-6-5-9(15)8-12(11)28(24,25)19-10(13(21)27-2)4-3-7-17-14(16)18-20(22)23/h5-6,8,10,19H,3-4,7H2,1-2H3,(H3,16,17,18)/t10-/m1/s1. The van der Waals surface area contributed by atoms with Crippen molar-refractivity contribution in [3.05, 3.63) is 34.1 Å². The van der Waals surface area contributed by atoms with E-state index in [2.05, 4.69) is 19.9 Å². The van der Waals surface area contributed by atoms with Crippen molar-refractivity contribution < 1.29 is 32.1 Å². The lowest BCUT2D eigenvalue weighted by atomic mass is 10.2. The lowest BCUT2D eigenvalue weighted by Gasteiger charge is -2.18. The van der Waals surface area contributed by atoms with Gasteiger partial charge in [-0.25, -0.2) is 22.9 Å². The quantitative estimate of drug-likeness (QED) is 0.113. The third-order valence-electron chi connectivity index (χ3n) is 3.36. The highest BCUT2D eigenvalue weighted by Crippen LogP contribution is 2.24. The Labute approximate surface area is 160 Å². The molecule has 1 aromatic rings. The van der Waals surface area contributed by atoms with Gasteiger partial charge in [0.1, 0.15) is 27.6 Å². The third kappa shape index (κ3) is 6.96. The number of hydrogen-bond acceptors (Lipinski definition) is 7. The lowest BCUT2D eigenvalue weighted by molar-refractivity contribution is -0.485. The van der Waals surface area contributed by atoms with Crippen molar-refractivity contribution in [3.63, 3.8) is 0 Å². The minimum atomic E-state index is -4.32. The average Bonchev–Trinajstić information content (AvgIpc) is 2.62. The molecule has 1 aromatic carbocycles. The van der Waals surface area contributed by atoms with E-state index < -0.39 is 43.7 Å². The van der Waals surface area contributed by atoms with Crippen LogP contribution < -0.4 is 20.5 Å². The minimum Gasteiger partial charge on any atom is -0.495 e. The molecule has 0 aromatic heterocycles. The summed E-state index contributed by atoms with van der Waals surface area (Å²) in [6, 6.07) is 1.63. The number of methoxy groups -OCH3 is 2. The third-order valence-corrected chi connectivity index (χ3v) is 4.86. The summed E-state index contributed by atoms with van der Waals surface area (Å²) in [7, 11) is -2.03. The summed E-state index contributed by atoms with van der Waals surface area (Å²) in [6.07, 6.45) is 0.138. The number of ether oxygens (including phenoxy) is 2. The molecule has 0 fully saturated rings. The number of hydrogen-bond donors (Lipinski definition) is 3. The predicted octanol–water partition coefficient (Wildman–Crippen LogP) is -0.470. The zero-order valence-electron chi connectivity index (χ0n) is 15.0.